The number of aryl methyl sites for hydroxylation is 1. The molecule has 0 radical (unpaired) electrons. The number of nitrogens with zero attached hydrogens (tertiary/aromatic N) is 2. The molecule has 2 aromatic carbocycles. The first-order valence-electron chi connectivity index (χ1n) is 6.86. The first kappa shape index (κ1) is 14.7. The van der Waals surface area contributed by atoms with Crippen LogP contribution in [0.5, 0.6) is 0 Å². The summed E-state index contributed by atoms with van der Waals surface area (Å²) < 4.78 is 1.18. The summed E-state index contributed by atoms with van der Waals surface area (Å²) in [4.78, 5) is 17.1. The van der Waals surface area contributed by atoms with Gasteiger partial charge >= 0.3 is 134 Å². The normalized spacial score (nSPS) is 10.6. The molecule has 0 saturated carbocycles. The Hall–Kier alpha value is -2.23. The Morgan fingerprint density at radius 2 is 1.77 bits per heavy atom. The Bertz CT molecular complexity index is 792. The molecule has 0 bridgehead atoms. The van der Waals surface area contributed by atoms with Gasteiger partial charge in [0.15, 0.2) is 0 Å². The van der Waals surface area contributed by atoms with E-state index in [-0.39, 0.29) is 25.1 Å². The molecule has 0 saturated heterocycles. The maximum atomic E-state index is 10.7. The van der Waals surface area contributed by atoms with Gasteiger partial charge in [-0.3, -0.25) is 0 Å². The minimum absolute atomic E-state index is 0.108. The van der Waals surface area contributed by atoms with Crippen molar-refractivity contribution < 1.29 is 4.92 Å². The Kier molecular flexibility index (Phi) is 4.18. The van der Waals surface area contributed by atoms with Crippen LogP contribution in [0.1, 0.15) is 15.7 Å². The summed E-state index contributed by atoms with van der Waals surface area (Å²) in [5.74, 6) is 0. The number of nitro groups is 1. The van der Waals surface area contributed by atoms with Crippen molar-refractivity contribution in [3.8, 4) is 11.3 Å². The second kappa shape index (κ2) is 6.26. The van der Waals surface area contributed by atoms with Crippen molar-refractivity contribution in [1.29, 1.82) is 0 Å². The van der Waals surface area contributed by atoms with E-state index in [0.717, 1.165) is 17.7 Å². The van der Waals surface area contributed by atoms with Crippen LogP contribution >= 0.6 is 0 Å². The molecule has 110 valence electrons. The van der Waals surface area contributed by atoms with Crippen molar-refractivity contribution in [1.82, 2.24) is 4.98 Å². The first-order valence-corrected chi connectivity index (χ1v) is 8.71. The van der Waals surface area contributed by atoms with Crippen molar-refractivity contribution in [3.63, 3.8) is 0 Å². The Morgan fingerprint density at radius 1 is 1.09 bits per heavy atom. The van der Waals surface area contributed by atoms with Crippen molar-refractivity contribution in [2.24, 2.45) is 0 Å². The molecule has 0 amide bonds. The second-order valence-corrected chi connectivity index (χ2v) is 7.07. The summed E-state index contributed by atoms with van der Waals surface area (Å²) in [6.07, 6.45) is 0.868. The summed E-state index contributed by atoms with van der Waals surface area (Å²) in [7, 11) is 0. The molecule has 0 aliphatic rings. The van der Waals surface area contributed by atoms with E-state index in [1.165, 1.54) is 27.8 Å². The zero-order valence-electron chi connectivity index (χ0n) is 12.0. The van der Waals surface area contributed by atoms with E-state index in [1.54, 1.807) is 12.1 Å². The van der Waals surface area contributed by atoms with Gasteiger partial charge in [-0.1, -0.05) is 0 Å². The van der Waals surface area contributed by atoms with E-state index in [0.29, 0.717) is 0 Å². The van der Waals surface area contributed by atoms with Gasteiger partial charge in [-0.15, -0.1) is 0 Å². The molecule has 0 spiro atoms. The van der Waals surface area contributed by atoms with Crippen LogP contribution in [-0.4, -0.2) is 24.4 Å². The summed E-state index contributed by atoms with van der Waals surface area (Å²) in [5, 5.41) is 10.7. The molecule has 22 heavy (non-hydrogen) atoms. The van der Waals surface area contributed by atoms with Gasteiger partial charge < -0.3 is 0 Å². The van der Waals surface area contributed by atoms with Crippen LogP contribution in [0.3, 0.4) is 0 Å². The third kappa shape index (κ3) is 3.32. The number of nitro benzene ring substituents is 1. The molecular formula is C17H14N2O2Se. The van der Waals surface area contributed by atoms with Gasteiger partial charge in [0.1, 0.15) is 0 Å². The molecule has 0 aliphatic heterocycles. The molecule has 1 heterocycles. The van der Waals surface area contributed by atoms with Gasteiger partial charge in [0, 0.05) is 0 Å². The van der Waals surface area contributed by atoms with Crippen molar-refractivity contribution in [2.75, 3.05) is 0 Å². The zero-order valence-corrected chi connectivity index (χ0v) is 13.7. The quantitative estimate of drug-likeness (QED) is 0.407. The van der Waals surface area contributed by atoms with E-state index < -0.39 is 0 Å². The number of rotatable bonds is 4. The summed E-state index contributed by atoms with van der Waals surface area (Å²) >= 11 is 0.252. The van der Waals surface area contributed by atoms with Crippen LogP contribution in [0.4, 0.5) is 5.69 Å². The van der Waals surface area contributed by atoms with Gasteiger partial charge in [0.25, 0.3) is 0 Å². The van der Waals surface area contributed by atoms with Gasteiger partial charge in [0.2, 0.25) is 0 Å². The van der Waals surface area contributed by atoms with Gasteiger partial charge in [-0.25, -0.2) is 0 Å². The monoisotopic (exact) mass is 358 g/mol. The standard InChI is InChI=1S/C17H14N2O2Se/c1-12-2-4-13(5-3-12)10-17-18-16(11-22-17)14-6-8-15(9-7-14)19(20)21/h2-9,11H,10H2,1H3. The number of benzene rings is 2. The Morgan fingerprint density at radius 3 is 2.41 bits per heavy atom. The fraction of sp³-hybridized carbons (Fsp3) is 0.118. The Balaban J connectivity index is 1.78. The molecule has 4 nitrogen and oxygen atoms in total. The molecule has 0 atom stereocenters. The summed E-state index contributed by atoms with van der Waals surface area (Å²) in [6, 6.07) is 15.1. The Labute approximate surface area is 134 Å². The predicted octanol–water partition coefficient (Wildman–Crippen LogP) is 3.61. The third-order valence-electron chi connectivity index (χ3n) is 3.40. The number of hydrogen-bond donors (Lipinski definition) is 0. The SMILES string of the molecule is Cc1ccc(Cc2nc(-c3ccc([N+](=O)[O-])cc3)c[se]2)cc1. The molecule has 0 N–H and O–H groups in total. The van der Waals surface area contributed by atoms with Crippen LogP contribution in [0.25, 0.3) is 11.3 Å². The number of hydrogen-bond acceptors (Lipinski definition) is 3. The molecule has 0 unspecified atom stereocenters. The van der Waals surface area contributed by atoms with Crippen LogP contribution in [-0.2, 0) is 6.42 Å². The van der Waals surface area contributed by atoms with Gasteiger partial charge in [-0.2, -0.15) is 0 Å². The fourth-order valence-corrected chi connectivity index (χ4v) is 3.92. The summed E-state index contributed by atoms with van der Waals surface area (Å²) in [6.45, 7) is 2.08. The number of aromatic nitrogens is 1. The predicted molar refractivity (Wildman–Crippen MR) is 87.3 cm³/mol. The van der Waals surface area contributed by atoms with Crippen LogP contribution in [0.2, 0.25) is 0 Å². The molecule has 0 aliphatic carbocycles. The van der Waals surface area contributed by atoms with Crippen molar-refractivity contribution in [3.05, 3.63) is 79.3 Å². The van der Waals surface area contributed by atoms with Crippen molar-refractivity contribution >= 4 is 20.2 Å². The first-order chi connectivity index (χ1) is 10.6. The van der Waals surface area contributed by atoms with Crippen LogP contribution in [0.15, 0.2) is 53.5 Å². The third-order valence-corrected chi connectivity index (χ3v) is 5.18. The van der Waals surface area contributed by atoms with E-state index in [4.69, 9.17) is 0 Å². The average molecular weight is 357 g/mol. The maximum absolute atomic E-state index is 10.7. The zero-order chi connectivity index (χ0) is 15.5. The van der Waals surface area contributed by atoms with Crippen LogP contribution in [0, 0.1) is 17.0 Å². The second-order valence-electron chi connectivity index (χ2n) is 5.09. The number of non-ortho nitro benzene ring substituents is 1. The molecule has 3 aromatic rings. The van der Waals surface area contributed by atoms with E-state index in [2.05, 4.69) is 41.1 Å². The average Bonchev–Trinajstić information content (AvgIpc) is 2.98. The molecule has 3 rings (SSSR count). The molecule has 5 heteroatoms. The molecule has 1 aromatic heterocycles. The van der Waals surface area contributed by atoms with Gasteiger partial charge in [-0.05, 0) is 0 Å². The minimum atomic E-state index is -0.386. The van der Waals surface area contributed by atoms with E-state index >= 15 is 0 Å². The summed E-state index contributed by atoms with van der Waals surface area (Å²) in [5.41, 5.74) is 4.50. The van der Waals surface area contributed by atoms with Crippen LogP contribution < -0.4 is 0 Å². The van der Waals surface area contributed by atoms with E-state index in [1.807, 2.05) is 0 Å². The fourth-order valence-electron chi connectivity index (χ4n) is 2.16. The topological polar surface area (TPSA) is 56.0 Å². The molecular weight excluding hydrogens is 343 g/mol. The van der Waals surface area contributed by atoms with Crippen molar-refractivity contribution in [2.45, 2.75) is 13.3 Å². The van der Waals surface area contributed by atoms with E-state index in [9.17, 15) is 10.1 Å². The van der Waals surface area contributed by atoms with Gasteiger partial charge in [0.05, 0.1) is 0 Å². The molecule has 0 fully saturated rings.